The average molecular weight is 256 g/mol. The van der Waals surface area contributed by atoms with Crippen molar-refractivity contribution in [3.63, 3.8) is 0 Å². The first-order valence-corrected chi connectivity index (χ1v) is 7.91. The molecule has 0 spiro atoms. The maximum absolute atomic E-state index is 11.0. The first kappa shape index (κ1) is 13.2. The minimum atomic E-state index is 0.115. The summed E-state index contributed by atoms with van der Waals surface area (Å²) >= 11 is 2.12. The van der Waals surface area contributed by atoms with E-state index in [1.165, 1.54) is 38.0 Å². The van der Waals surface area contributed by atoms with Crippen molar-refractivity contribution in [3.05, 3.63) is 0 Å². The summed E-state index contributed by atoms with van der Waals surface area (Å²) in [6, 6.07) is 1.10. The summed E-state index contributed by atoms with van der Waals surface area (Å²) < 4.78 is 0. The van der Waals surface area contributed by atoms with Crippen LogP contribution in [0.25, 0.3) is 0 Å². The summed E-state index contributed by atoms with van der Waals surface area (Å²) in [5.74, 6) is 1.46. The Morgan fingerprint density at radius 3 is 2.47 bits per heavy atom. The van der Waals surface area contributed by atoms with Gasteiger partial charge in [0, 0.05) is 30.8 Å². The number of rotatable bonds is 4. The van der Waals surface area contributed by atoms with Gasteiger partial charge in [0.15, 0.2) is 0 Å². The zero-order chi connectivity index (χ0) is 12.1. The fourth-order valence-electron chi connectivity index (χ4n) is 2.83. The molecule has 2 N–H and O–H groups in total. The van der Waals surface area contributed by atoms with Gasteiger partial charge in [-0.15, -0.1) is 0 Å². The molecular formula is C13H24N2OS. The monoisotopic (exact) mass is 256 g/mol. The van der Waals surface area contributed by atoms with Gasteiger partial charge in [-0.2, -0.15) is 11.8 Å². The summed E-state index contributed by atoms with van der Waals surface area (Å²) in [5, 5.41) is 7.58. The Bertz CT molecular complexity index is 246. The van der Waals surface area contributed by atoms with Gasteiger partial charge in [0.2, 0.25) is 5.91 Å². The molecule has 1 heterocycles. The zero-order valence-corrected chi connectivity index (χ0v) is 11.5. The highest BCUT2D eigenvalue weighted by molar-refractivity contribution is 8.00. The van der Waals surface area contributed by atoms with Crippen LogP contribution in [0.2, 0.25) is 0 Å². The lowest BCUT2D eigenvalue weighted by Gasteiger charge is -2.30. The summed E-state index contributed by atoms with van der Waals surface area (Å²) in [5.41, 5.74) is 0. The van der Waals surface area contributed by atoms with Crippen LogP contribution < -0.4 is 10.6 Å². The van der Waals surface area contributed by atoms with Gasteiger partial charge in [-0.1, -0.05) is 0 Å². The molecule has 1 amide bonds. The minimum Gasteiger partial charge on any atom is -0.354 e. The van der Waals surface area contributed by atoms with E-state index < -0.39 is 0 Å². The molecule has 1 saturated carbocycles. The smallest absolute Gasteiger partial charge is 0.217 e. The highest BCUT2D eigenvalue weighted by Crippen LogP contribution is 2.26. The summed E-state index contributed by atoms with van der Waals surface area (Å²) in [6.07, 6.45) is 7.47. The van der Waals surface area contributed by atoms with Gasteiger partial charge in [-0.3, -0.25) is 4.79 Å². The molecule has 17 heavy (non-hydrogen) atoms. The quantitative estimate of drug-likeness (QED) is 0.807. The molecule has 1 unspecified atom stereocenters. The molecule has 1 saturated heterocycles. The third-order valence-electron chi connectivity index (χ3n) is 3.79. The van der Waals surface area contributed by atoms with Gasteiger partial charge in [-0.25, -0.2) is 0 Å². The van der Waals surface area contributed by atoms with E-state index in [4.69, 9.17) is 0 Å². The van der Waals surface area contributed by atoms with Crippen LogP contribution in [0.5, 0.6) is 0 Å². The standard InChI is InChI=1S/C13H24N2OS/c1-10(16)15-12-6-4-11(5-7-12)14-9-13-3-2-8-17-13/h11-14H,2-9H2,1H3,(H,15,16). The molecule has 0 aromatic carbocycles. The van der Waals surface area contributed by atoms with Crippen molar-refractivity contribution in [3.8, 4) is 0 Å². The minimum absolute atomic E-state index is 0.115. The number of hydrogen-bond donors (Lipinski definition) is 2. The molecule has 3 nitrogen and oxygen atoms in total. The average Bonchev–Trinajstić information content (AvgIpc) is 2.80. The SMILES string of the molecule is CC(=O)NC1CCC(NCC2CCCS2)CC1. The predicted octanol–water partition coefficient (Wildman–Crippen LogP) is 1.92. The topological polar surface area (TPSA) is 41.1 Å². The van der Waals surface area contributed by atoms with Crippen LogP contribution in [0.4, 0.5) is 0 Å². The maximum Gasteiger partial charge on any atom is 0.217 e. The number of hydrogen-bond acceptors (Lipinski definition) is 3. The molecule has 4 heteroatoms. The van der Waals surface area contributed by atoms with Crippen LogP contribution in [-0.4, -0.2) is 35.5 Å². The number of thioether (sulfide) groups is 1. The van der Waals surface area contributed by atoms with Gasteiger partial charge in [0.25, 0.3) is 0 Å². The van der Waals surface area contributed by atoms with Crippen molar-refractivity contribution >= 4 is 17.7 Å². The Kier molecular flexibility index (Phi) is 5.16. The fourth-order valence-corrected chi connectivity index (χ4v) is 4.05. The van der Waals surface area contributed by atoms with Gasteiger partial charge in [0.05, 0.1) is 0 Å². The predicted molar refractivity (Wildman–Crippen MR) is 73.3 cm³/mol. The summed E-state index contributed by atoms with van der Waals surface area (Å²) in [7, 11) is 0. The van der Waals surface area contributed by atoms with E-state index in [2.05, 4.69) is 22.4 Å². The Hall–Kier alpha value is -0.220. The van der Waals surface area contributed by atoms with Crippen LogP contribution >= 0.6 is 11.8 Å². The second-order valence-corrected chi connectivity index (χ2v) is 6.70. The Morgan fingerprint density at radius 2 is 1.88 bits per heavy atom. The second kappa shape index (κ2) is 6.64. The first-order chi connectivity index (χ1) is 8.24. The third kappa shape index (κ3) is 4.51. The van der Waals surface area contributed by atoms with Gasteiger partial charge in [0.1, 0.15) is 0 Å². The molecule has 1 atom stereocenters. The lowest BCUT2D eigenvalue weighted by atomic mass is 9.91. The highest BCUT2D eigenvalue weighted by atomic mass is 32.2. The van der Waals surface area contributed by atoms with Gasteiger partial charge >= 0.3 is 0 Å². The zero-order valence-electron chi connectivity index (χ0n) is 10.7. The Labute approximate surface area is 108 Å². The number of carbonyl (C=O) groups excluding carboxylic acids is 1. The van der Waals surface area contributed by atoms with Crippen molar-refractivity contribution in [1.82, 2.24) is 10.6 Å². The van der Waals surface area contributed by atoms with E-state index in [0.717, 1.165) is 18.1 Å². The number of carbonyl (C=O) groups is 1. The van der Waals surface area contributed by atoms with E-state index in [1.54, 1.807) is 6.92 Å². The van der Waals surface area contributed by atoms with Crippen LogP contribution in [0.15, 0.2) is 0 Å². The molecule has 0 radical (unpaired) electrons. The number of nitrogens with one attached hydrogen (secondary N) is 2. The van der Waals surface area contributed by atoms with E-state index in [0.29, 0.717) is 12.1 Å². The lowest BCUT2D eigenvalue weighted by molar-refractivity contribution is -0.119. The number of amides is 1. The van der Waals surface area contributed by atoms with Crippen LogP contribution in [0.1, 0.15) is 45.4 Å². The van der Waals surface area contributed by atoms with Gasteiger partial charge < -0.3 is 10.6 Å². The van der Waals surface area contributed by atoms with Crippen molar-refractivity contribution in [2.45, 2.75) is 62.8 Å². The van der Waals surface area contributed by atoms with E-state index in [1.807, 2.05) is 0 Å². The van der Waals surface area contributed by atoms with Crippen LogP contribution in [0.3, 0.4) is 0 Å². The molecule has 2 rings (SSSR count). The molecule has 2 aliphatic rings. The molecular weight excluding hydrogens is 232 g/mol. The largest absolute Gasteiger partial charge is 0.354 e. The van der Waals surface area contributed by atoms with Crippen molar-refractivity contribution < 1.29 is 4.79 Å². The Balaban J connectivity index is 1.60. The van der Waals surface area contributed by atoms with Crippen molar-refractivity contribution in [2.24, 2.45) is 0 Å². The van der Waals surface area contributed by atoms with E-state index in [9.17, 15) is 4.79 Å². The second-order valence-electron chi connectivity index (χ2n) is 5.29. The molecule has 0 bridgehead atoms. The summed E-state index contributed by atoms with van der Waals surface area (Å²) in [6.45, 7) is 2.79. The first-order valence-electron chi connectivity index (χ1n) is 6.86. The molecule has 0 aromatic heterocycles. The normalized spacial score (nSPS) is 33.6. The maximum atomic E-state index is 11.0. The third-order valence-corrected chi connectivity index (χ3v) is 5.19. The molecule has 2 fully saturated rings. The van der Waals surface area contributed by atoms with Crippen molar-refractivity contribution in [1.29, 1.82) is 0 Å². The van der Waals surface area contributed by atoms with Crippen LogP contribution in [-0.2, 0) is 4.79 Å². The molecule has 1 aliphatic carbocycles. The Morgan fingerprint density at radius 1 is 1.18 bits per heavy atom. The molecule has 1 aliphatic heterocycles. The van der Waals surface area contributed by atoms with Gasteiger partial charge in [-0.05, 0) is 44.3 Å². The fraction of sp³-hybridized carbons (Fsp3) is 0.923. The highest BCUT2D eigenvalue weighted by Gasteiger charge is 2.23. The van der Waals surface area contributed by atoms with E-state index in [-0.39, 0.29) is 5.91 Å². The van der Waals surface area contributed by atoms with Crippen LogP contribution in [0, 0.1) is 0 Å². The molecule has 0 aromatic rings. The lowest BCUT2D eigenvalue weighted by Crippen LogP contribution is -2.42. The summed E-state index contributed by atoms with van der Waals surface area (Å²) in [4.78, 5) is 11.0. The van der Waals surface area contributed by atoms with Crippen molar-refractivity contribution in [2.75, 3.05) is 12.3 Å². The van der Waals surface area contributed by atoms with E-state index >= 15 is 0 Å². The molecule has 98 valence electrons.